The molecule has 0 atom stereocenters. The molecule has 94 valence electrons. The maximum absolute atomic E-state index is 10.9. The van der Waals surface area contributed by atoms with E-state index in [-0.39, 0.29) is 11.3 Å². The molecule has 0 spiro atoms. The summed E-state index contributed by atoms with van der Waals surface area (Å²) < 4.78 is 0. The van der Waals surface area contributed by atoms with Crippen LogP contribution < -0.4 is 5.32 Å². The second-order valence-electron chi connectivity index (χ2n) is 3.67. The lowest BCUT2D eigenvalue weighted by Gasteiger charge is -2.06. The van der Waals surface area contributed by atoms with E-state index < -0.39 is 4.92 Å². The summed E-state index contributed by atoms with van der Waals surface area (Å²) in [6.45, 7) is 0.320. The molecular weight excluding hydrogens is 246 g/mol. The van der Waals surface area contributed by atoms with Crippen LogP contribution >= 0.6 is 0 Å². The Morgan fingerprint density at radius 2 is 2.26 bits per heavy atom. The molecule has 1 aromatic heterocycles. The molecule has 0 fully saturated rings. The number of benzene rings is 1. The van der Waals surface area contributed by atoms with E-state index in [0.717, 1.165) is 0 Å². The Hall–Kier alpha value is -3.01. The second kappa shape index (κ2) is 5.55. The molecule has 7 heteroatoms. The monoisotopic (exact) mass is 255 g/mol. The zero-order valence-corrected chi connectivity index (χ0v) is 9.78. The van der Waals surface area contributed by atoms with E-state index in [0.29, 0.717) is 17.9 Å². The van der Waals surface area contributed by atoms with Crippen molar-refractivity contribution < 1.29 is 4.92 Å². The summed E-state index contributed by atoms with van der Waals surface area (Å²) in [5.41, 5.74) is 1.12. The Morgan fingerprint density at radius 1 is 1.42 bits per heavy atom. The van der Waals surface area contributed by atoms with Crippen molar-refractivity contribution >= 4 is 11.4 Å². The zero-order chi connectivity index (χ0) is 13.7. The van der Waals surface area contributed by atoms with Gasteiger partial charge in [-0.1, -0.05) is 0 Å². The van der Waals surface area contributed by atoms with Gasteiger partial charge < -0.3 is 5.32 Å². The van der Waals surface area contributed by atoms with Crippen LogP contribution in [-0.2, 0) is 6.54 Å². The molecule has 0 amide bonds. The van der Waals surface area contributed by atoms with Crippen LogP contribution in [0.5, 0.6) is 0 Å². The van der Waals surface area contributed by atoms with E-state index in [1.54, 1.807) is 18.3 Å². The van der Waals surface area contributed by atoms with E-state index >= 15 is 0 Å². The first kappa shape index (κ1) is 12.4. The summed E-state index contributed by atoms with van der Waals surface area (Å²) in [5.74, 6) is 0. The van der Waals surface area contributed by atoms with Crippen LogP contribution in [0.3, 0.4) is 0 Å². The maximum Gasteiger partial charge on any atom is 0.293 e. The molecule has 1 heterocycles. The molecule has 0 unspecified atom stereocenters. The van der Waals surface area contributed by atoms with Crippen molar-refractivity contribution in [2.24, 2.45) is 0 Å². The summed E-state index contributed by atoms with van der Waals surface area (Å²) in [5, 5.41) is 30.2. The number of nitrogens with zero attached hydrogens (tertiary/aromatic N) is 4. The standard InChI is InChI=1S/C12H9N5O2/c13-7-9-3-4-11(12(6-9)17(18)19)14-8-10-2-1-5-15-16-10/h1-6,14H,8H2. The lowest BCUT2D eigenvalue weighted by atomic mass is 10.2. The highest BCUT2D eigenvalue weighted by Gasteiger charge is 2.14. The Morgan fingerprint density at radius 3 is 2.89 bits per heavy atom. The Bertz CT molecular complexity index is 636. The number of nitro benzene ring substituents is 1. The summed E-state index contributed by atoms with van der Waals surface area (Å²) in [4.78, 5) is 10.4. The number of aromatic nitrogens is 2. The van der Waals surface area contributed by atoms with Crippen LogP contribution in [0.4, 0.5) is 11.4 Å². The predicted molar refractivity (Wildman–Crippen MR) is 67.2 cm³/mol. The third-order valence-corrected chi connectivity index (χ3v) is 2.41. The van der Waals surface area contributed by atoms with Crippen LogP contribution in [0.25, 0.3) is 0 Å². The number of hydrogen-bond acceptors (Lipinski definition) is 6. The Labute approximate surface area is 108 Å². The van der Waals surface area contributed by atoms with Crippen molar-refractivity contribution in [2.45, 2.75) is 6.54 Å². The van der Waals surface area contributed by atoms with Crippen LogP contribution in [0.15, 0.2) is 36.5 Å². The van der Waals surface area contributed by atoms with E-state index in [2.05, 4.69) is 15.5 Å². The van der Waals surface area contributed by atoms with Crippen LogP contribution in [0.1, 0.15) is 11.3 Å². The summed E-state index contributed by atoms with van der Waals surface area (Å²) in [6, 6.07) is 9.62. The van der Waals surface area contributed by atoms with E-state index in [9.17, 15) is 10.1 Å². The van der Waals surface area contributed by atoms with E-state index in [1.807, 2.05) is 6.07 Å². The van der Waals surface area contributed by atoms with Crippen molar-refractivity contribution in [3.8, 4) is 6.07 Å². The van der Waals surface area contributed by atoms with Gasteiger partial charge in [-0.15, -0.1) is 0 Å². The van der Waals surface area contributed by atoms with Gasteiger partial charge in [0, 0.05) is 12.3 Å². The molecule has 19 heavy (non-hydrogen) atoms. The fraction of sp³-hybridized carbons (Fsp3) is 0.0833. The minimum atomic E-state index is -0.528. The lowest BCUT2D eigenvalue weighted by molar-refractivity contribution is -0.384. The number of nitriles is 1. The average molecular weight is 255 g/mol. The molecule has 1 aromatic carbocycles. The molecule has 2 aromatic rings. The van der Waals surface area contributed by atoms with Gasteiger partial charge in [0.15, 0.2) is 0 Å². The van der Waals surface area contributed by atoms with Gasteiger partial charge in [0.2, 0.25) is 0 Å². The largest absolute Gasteiger partial charge is 0.374 e. The average Bonchev–Trinajstić information content (AvgIpc) is 2.46. The van der Waals surface area contributed by atoms with Gasteiger partial charge in [0.05, 0.1) is 28.8 Å². The van der Waals surface area contributed by atoms with Crippen molar-refractivity contribution in [2.75, 3.05) is 5.32 Å². The molecular formula is C12H9N5O2. The fourth-order valence-corrected chi connectivity index (χ4v) is 1.52. The first-order chi connectivity index (χ1) is 9.20. The highest BCUT2D eigenvalue weighted by atomic mass is 16.6. The summed E-state index contributed by atoms with van der Waals surface area (Å²) in [7, 11) is 0. The highest BCUT2D eigenvalue weighted by Crippen LogP contribution is 2.25. The minimum Gasteiger partial charge on any atom is -0.374 e. The van der Waals surface area contributed by atoms with Gasteiger partial charge in [-0.05, 0) is 24.3 Å². The van der Waals surface area contributed by atoms with E-state index in [4.69, 9.17) is 5.26 Å². The molecule has 0 radical (unpaired) electrons. The second-order valence-corrected chi connectivity index (χ2v) is 3.67. The first-order valence-corrected chi connectivity index (χ1v) is 5.39. The molecule has 7 nitrogen and oxygen atoms in total. The quantitative estimate of drug-likeness (QED) is 0.660. The number of nitrogens with one attached hydrogen (secondary N) is 1. The van der Waals surface area contributed by atoms with Gasteiger partial charge >= 0.3 is 0 Å². The number of hydrogen-bond donors (Lipinski definition) is 1. The number of rotatable bonds is 4. The molecule has 1 N–H and O–H groups in total. The molecule has 2 rings (SSSR count). The lowest BCUT2D eigenvalue weighted by Crippen LogP contribution is -2.04. The molecule has 0 saturated heterocycles. The van der Waals surface area contributed by atoms with Gasteiger partial charge in [-0.25, -0.2) is 0 Å². The van der Waals surface area contributed by atoms with E-state index in [1.165, 1.54) is 18.2 Å². The van der Waals surface area contributed by atoms with Gasteiger partial charge in [-0.3, -0.25) is 10.1 Å². The summed E-state index contributed by atoms with van der Waals surface area (Å²) in [6.07, 6.45) is 1.55. The van der Waals surface area contributed by atoms with Crippen molar-refractivity contribution in [3.63, 3.8) is 0 Å². The Kier molecular flexibility index (Phi) is 3.64. The van der Waals surface area contributed by atoms with Crippen LogP contribution in [-0.4, -0.2) is 15.1 Å². The molecule has 0 aliphatic rings. The highest BCUT2D eigenvalue weighted by molar-refractivity contribution is 5.64. The zero-order valence-electron chi connectivity index (χ0n) is 9.78. The van der Waals surface area contributed by atoms with Gasteiger partial charge in [-0.2, -0.15) is 15.5 Å². The summed E-state index contributed by atoms with van der Waals surface area (Å²) >= 11 is 0. The first-order valence-electron chi connectivity index (χ1n) is 5.39. The fourth-order valence-electron chi connectivity index (χ4n) is 1.52. The predicted octanol–water partition coefficient (Wildman–Crippen LogP) is 1.87. The number of anilines is 1. The van der Waals surface area contributed by atoms with Gasteiger partial charge in [0.25, 0.3) is 5.69 Å². The molecule has 0 aliphatic heterocycles. The minimum absolute atomic E-state index is 0.136. The SMILES string of the molecule is N#Cc1ccc(NCc2cccnn2)c([N+](=O)[O-])c1. The third-order valence-electron chi connectivity index (χ3n) is 2.41. The molecule has 0 saturated carbocycles. The van der Waals surface area contributed by atoms with Crippen LogP contribution in [0.2, 0.25) is 0 Å². The maximum atomic E-state index is 10.9. The topological polar surface area (TPSA) is 105 Å². The smallest absolute Gasteiger partial charge is 0.293 e. The van der Waals surface area contributed by atoms with Crippen molar-refractivity contribution in [1.29, 1.82) is 5.26 Å². The number of nitro groups is 1. The van der Waals surface area contributed by atoms with Crippen LogP contribution in [0, 0.1) is 21.4 Å². The normalized spacial score (nSPS) is 9.63. The third kappa shape index (κ3) is 3.01. The Balaban J connectivity index is 2.21. The van der Waals surface area contributed by atoms with Crippen molar-refractivity contribution in [3.05, 3.63) is 57.9 Å². The van der Waals surface area contributed by atoms with Crippen molar-refractivity contribution in [1.82, 2.24) is 10.2 Å². The molecule has 0 bridgehead atoms. The van der Waals surface area contributed by atoms with Gasteiger partial charge in [0.1, 0.15) is 5.69 Å². The molecule has 0 aliphatic carbocycles.